The SMILES string of the molecule is C=C[C@H]1CC[C@H](CCc2ccc(CCc3ccc(CCc4ccc(COCCC)c(F)c4)cc3)cc2)CC1. The van der Waals surface area contributed by atoms with Crippen LogP contribution >= 0.6 is 0 Å². The normalized spacial score (nSPS) is 17.4. The summed E-state index contributed by atoms with van der Waals surface area (Å²) in [5.74, 6) is 1.49. The molecule has 38 heavy (non-hydrogen) atoms. The van der Waals surface area contributed by atoms with Crippen molar-refractivity contribution in [3.8, 4) is 0 Å². The number of halogens is 1. The van der Waals surface area contributed by atoms with Crippen LogP contribution in [-0.4, -0.2) is 6.61 Å². The molecule has 202 valence electrons. The van der Waals surface area contributed by atoms with E-state index >= 15 is 0 Å². The first-order valence-corrected chi connectivity index (χ1v) is 14.8. The number of allylic oxidation sites excluding steroid dienone is 1. The molecule has 1 saturated carbocycles. The van der Waals surface area contributed by atoms with E-state index < -0.39 is 0 Å². The highest BCUT2D eigenvalue weighted by atomic mass is 19.1. The van der Waals surface area contributed by atoms with Crippen molar-refractivity contribution in [2.24, 2.45) is 11.8 Å². The first kappa shape index (κ1) is 28.3. The zero-order valence-corrected chi connectivity index (χ0v) is 23.3. The fraction of sp³-hybridized carbons (Fsp3) is 0.444. The molecule has 3 aromatic rings. The van der Waals surface area contributed by atoms with Crippen molar-refractivity contribution in [1.82, 2.24) is 0 Å². The number of rotatable bonds is 14. The zero-order valence-electron chi connectivity index (χ0n) is 23.3. The van der Waals surface area contributed by atoms with Gasteiger partial charge in [-0.05, 0) is 116 Å². The van der Waals surface area contributed by atoms with Gasteiger partial charge in [-0.1, -0.05) is 73.7 Å². The molecule has 0 atom stereocenters. The van der Waals surface area contributed by atoms with Crippen molar-refractivity contribution in [3.05, 3.63) is 119 Å². The third-order valence-electron chi connectivity index (χ3n) is 8.24. The van der Waals surface area contributed by atoms with Gasteiger partial charge in [0.1, 0.15) is 5.82 Å². The lowest BCUT2D eigenvalue weighted by Gasteiger charge is -2.26. The molecule has 0 spiro atoms. The van der Waals surface area contributed by atoms with E-state index in [9.17, 15) is 4.39 Å². The van der Waals surface area contributed by atoms with Crippen LogP contribution in [0.15, 0.2) is 79.4 Å². The summed E-state index contributed by atoms with van der Waals surface area (Å²) in [6.45, 7) is 7.04. The van der Waals surface area contributed by atoms with Crippen molar-refractivity contribution in [1.29, 1.82) is 0 Å². The van der Waals surface area contributed by atoms with E-state index in [1.54, 1.807) is 6.07 Å². The lowest BCUT2D eigenvalue weighted by Crippen LogP contribution is -2.13. The topological polar surface area (TPSA) is 9.23 Å². The van der Waals surface area contributed by atoms with Crippen molar-refractivity contribution in [2.45, 2.75) is 84.2 Å². The summed E-state index contributed by atoms with van der Waals surface area (Å²) in [6.07, 6.45) is 14.9. The second-order valence-electron chi connectivity index (χ2n) is 11.2. The van der Waals surface area contributed by atoms with E-state index in [2.05, 4.69) is 68.1 Å². The lowest BCUT2D eigenvalue weighted by atomic mass is 9.79. The van der Waals surface area contributed by atoms with Gasteiger partial charge in [0.05, 0.1) is 6.61 Å². The molecular weight excluding hydrogens is 467 g/mol. The van der Waals surface area contributed by atoms with E-state index in [1.165, 1.54) is 60.8 Å². The number of hydrogen-bond acceptors (Lipinski definition) is 1. The zero-order chi connectivity index (χ0) is 26.6. The maximum atomic E-state index is 14.4. The highest BCUT2D eigenvalue weighted by Gasteiger charge is 2.18. The Hall–Kier alpha value is -2.71. The predicted octanol–water partition coefficient (Wildman–Crippen LogP) is 9.25. The molecule has 1 aliphatic rings. The summed E-state index contributed by atoms with van der Waals surface area (Å²) in [4.78, 5) is 0. The van der Waals surface area contributed by atoms with Crippen molar-refractivity contribution in [3.63, 3.8) is 0 Å². The molecule has 0 aliphatic heterocycles. The summed E-state index contributed by atoms with van der Waals surface area (Å²) < 4.78 is 19.8. The molecule has 0 unspecified atom stereocenters. The van der Waals surface area contributed by atoms with Gasteiger partial charge in [-0.15, -0.1) is 6.58 Å². The second kappa shape index (κ2) is 15.0. The summed E-state index contributed by atoms with van der Waals surface area (Å²) in [5.41, 5.74) is 7.23. The van der Waals surface area contributed by atoms with Crippen LogP contribution in [0.4, 0.5) is 4.39 Å². The highest BCUT2D eigenvalue weighted by Crippen LogP contribution is 2.32. The largest absolute Gasteiger partial charge is 0.377 e. The Morgan fingerprint density at radius 3 is 1.74 bits per heavy atom. The van der Waals surface area contributed by atoms with Gasteiger partial charge in [0, 0.05) is 12.2 Å². The van der Waals surface area contributed by atoms with Gasteiger partial charge in [-0.25, -0.2) is 4.39 Å². The molecule has 0 heterocycles. The Balaban J connectivity index is 1.17. The van der Waals surface area contributed by atoms with E-state index in [4.69, 9.17) is 4.74 Å². The number of aryl methyl sites for hydroxylation is 5. The Kier molecular flexibility index (Phi) is 11.2. The summed E-state index contributed by atoms with van der Waals surface area (Å²) in [7, 11) is 0. The average Bonchev–Trinajstić information content (AvgIpc) is 2.96. The molecule has 1 nitrogen and oxygen atoms in total. The van der Waals surface area contributed by atoms with Crippen LogP contribution in [0.2, 0.25) is 0 Å². The smallest absolute Gasteiger partial charge is 0.128 e. The molecule has 0 bridgehead atoms. The average molecular weight is 513 g/mol. The Labute approximate surface area is 230 Å². The third-order valence-corrected chi connectivity index (χ3v) is 8.24. The maximum Gasteiger partial charge on any atom is 0.128 e. The summed E-state index contributed by atoms with van der Waals surface area (Å²) in [6, 6.07) is 23.8. The quantitative estimate of drug-likeness (QED) is 0.154. The van der Waals surface area contributed by atoms with Gasteiger partial charge in [0.2, 0.25) is 0 Å². The fourth-order valence-electron chi connectivity index (χ4n) is 5.60. The maximum absolute atomic E-state index is 14.4. The van der Waals surface area contributed by atoms with Crippen LogP contribution in [0.3, 0.4) is 0 Å². The van der Waals surface area contributed by atoms with Crippen LogP contribution in [0.1, 0.15) is 78.8 Å². The molecule has 0 aromatic heterocycles. The summed E-state index contributed by atoms with van der Waals surface area (Å²) in [5, 5.41) is 0. The number of ether oxygens (including phenoxy) is 1. The van der Waals surface area contributed by atoms with Crippen LogP contribution in [0, 0.1) is 17.7 Å². The lowest BCUT2D eigenvalue weighted by molar-refractivity contribution is 0.119. The van der Waals surface area contributed by atoms with Gasteiger partial charge < -0.3 is 4.74 Å². The van der Waals surface area contributed by atoms with E-state index in [1.807, 2.05) is 12.1 Å². The second-order valence-corrected chi connectivity index (χ2v) is 11.2. The van der Waals surface area contributed by atoms with Gasteiger partial charge >= 0.3 is 0 Å². The number of hydrogen-bond donors (Lipinski definition) is 0. The minimum absolute atomic E-state index is 0.159. The van der Waals surface area contributed by atoms with E-state index in [-0.39, 0.29) is 5.82 Å². The molecule has 0 saturated heterocycles. The number of benzene rings is 3. The van der Waals surface area contributed by atoms with Gasteiger partial charge in [0.25, 0.3) is 0 Å². The monoisotopic (exact) mass is 512 g/mol. The molecular formula is C36H45FO. The van der Waals surface area contributed by atoms with Crippen molar-refractivity contribution < 1.29 is 9.13 Å². The Morgan fingerprint density at radius 1 is 0.737 bits per heavy atom. The molecule has 1 fully saturated rings. The van der Waals surface area contributed by atoms with Gasteiger partial charge in [0.15, 0.2) is 0 Å². The minimum atomic E-state index is -0.159. The predicted molar refractivity (Wildman–Crippen MR) is 158 cm³/mol. The molecule has 4 rings (SSSR count). The van der Waals surface area contributed by atoms with Crippen LogP contribution in [0.5, 0.6) is 0 Å². The van der Waals surface area contributed by atoms with E-state index in [0.717, 1.165) is 49.5 Å². The van der Waals surface area contributed by atoms with Gasteiger partial charge in [-0.2, -0.15) is 0 Å². The Morgan fingerprint density at radius 2 is 1.24 bits per heavy atom. The van der Waals surface area contributed by atoms with Crippen LogP contribution < -0.4 is 0 Å². The Bertz CT molecular complexity index is 1110. The molecule has 0 amide bonds. The molecule has 1 aliphatic carbocycles. The van der Waals surface area contributed by atoms with Crippen molar-refractivity contribution in [2.75, 3.05) is 6.61 Å². The summed E-state index contributed by atoms with van der Waals surface area (Å²) >= 11 is 0. The molecule has 0 radical (unpaired) electrons. The molecule has 3 aromatic carbocycles. The molecule has 0 N–H and O–H groups in total. The fourth-order valence-corrected chi connectivity index (χ4v) is 5.60. The standard InChI is InChI=1S/C36H45FO/c1-3-25-38-27-35-24-23-34(26-36(35)37)22-21-33-19-17-32(18-20-33)16-15-31-13-11-30(12-14-31)10-9-29-7-5-28(4-2)6-8-29/h4,11-14,17-20,23-24,26,28-29H,2-3,5-10,15-16,21-22,25,27H2,1H3/t28-,29-. The minimum Gasteiger partial charge on any atom is -0.377 e. The molecule has 2 heteroatoms. The third kappa shape index (κ3) is 8.95. The first-order valence-electron chi connectivity index (χ1n) is 14.8. The van der Waals surface area contributed by atoms with Crippen LogP contribution in [0.25, 0.3) is 0 Å². The van der Waals surface area contributed by atoms with Gasteiger partial charge in [-0.3, -0.25) is 0 Å². The highest BCUT2D eigenvalue weighted by molar-refractivity contribution is 5.28. The first-order chi connectivity index (χ1) is 18.6. The van der Waals surface area contributed by atoms with Crippen LogP contribution in [-0.2, 0) is 43.4 Å². The van der Waals surface area contributed by atoms with Crippen molar-refractivity contribution >= 4 is 0 Å². The van der Waals surface area contributed by atoms with E-state index in [0.29, 0.717) is 18.8 Å².